The minimum absolute atomic E-state index is 0.00145. The number of nitrogens with two attached hydrogens (primary N) is 1. The first-order chi connectivity index (χ1) is 53.0. The second-order valence-corrected chi connectivity index (χ2v) is 25.0. The summed E-state index contributed by atoms with van der Waals surface area (Å²) >= 11 is 0. The highest BCUT2D eigenvalue weighted by molar-refractivity contribution is 5.78. The highest BCUT2D eigenvalue weighted by Crippen LogP contribution is 2.23. The lowest BCUT2D eigenvalue weighted by atomic mass is 9.93. The van der Waals surface area contributed by atoms with Gasteiger partial charge in [0.25, 0.3) is 0 Å². The Kier molecular flexibility index (Phi) is 63.3. The minimum atomic E-state index is -1.47. The van der Waals surface area contributed by atoms with Crippen molar-refractivity contribution < 1.29 is 165 Å². The Balaban J connectivity index is 2.96. The summed E-state index contributed by atoms with van der Waals surface area (Å²) in [6.45, 7) is 7.97. The highest BCUT2D eigenvalue weighted by atomic mass is 16.7. The lowest BCUT2D eigenvalue weighted by molar-refractivity contribution is -0.272. The number of carbonyl (C=O) groups excluding carboxylic acids is 7. The fourth-order valence-electron chi connectivity index (χ4n) is 9.70. The molecule has 1 rings (SSSR count). The predicted molar refractivity (Wildman–Crippen MR) is 384 cm³/mol. The molecular formula is C68H130N8O34. The smallest absolute Gasteiger partial charge is 0.222 e. The molecular weight excluding hydrogens is 1470 g/mol. The summed E-state index contributed by atoms with van der Waals surface area (Å²) in [4.78, 5) is 87.7. The van der Waals surface area contributed by atoms with Crippen molar-refractivity contribution in [2.45, 2.75) is 139 Å². The molecule has 18 N–H and O–H groups in total. The van der Waals surface area contributed by atoms with Crippen LogP contribution < -0.4 is 43.0 Å². The number of amides is 7. The van der Waals surface area contributed by atoms with Crippen molar-refractivity contribution in [2.24, 2.45) is 11.7 Å². The van der Waals surface area contributed by atoms with Gasteiger partial charge in [0.15, 0.2) is 12.6 Å². The SMILES string of the molecule is CC(=O)NCC(OCCOCCOCCNC(=O)CCOCC(COCCC(=O)NCCOCCOCCOC(C)C(NC(C)=O)C(O)C(O)C(C)CO)(COCCC(=O)NCCOCCOCCOC1OC(CO)C(O)C(O)C1NC(C)=O)NC(=O)CCOCCOCCOCCOCCN)OC(CO)C(O)CO. The van der Waals surface area contributed by atoms with E-state index in [1.807, 2.05) is 0 Å². The van der Waals surface area contributed by atoms with Crippen LogP contribution in [0.1, 0.15) is 60.3 Å². The molecule has 42 heteroatoms. The highest BCUT2D eigenvalue weighted by Gasteiger charge is 2.45. The quantitative estimate of drug-likeness (QED) is 0.0199. The van der Waals surface area contributed by atoms with Crippen LogP contribution in [0.5, 0.6) is 0 Å². The van der Waals surface area contributed by atoms with Crippen molar-refractivity contribution in [3.63, 3.8) is 0 Å². The molecule has 0 bridgehead atoms. The van der Waals surface area contributed by atoms with E-state index < -0.39 is 134 Å². The largest absolute Gasteiger partial charge is 0.396 e. The fraction of sp³-hybridized carbons (Fsp3) is 0.897. The van der Waals surface area contributed by atoms with Crippen molar-refractivity contribution in [3.8, 4) is 0 Å². The molecule has 0 radical (unpaired) electrons. The van der Waals surface area contributed by atoms with Crippen molar-refractivity contribution in [2.75, 3.05) is 251 Å². The van der Waals surface area contributed by atoms with Crippen molar-refractivity contribution in [1.82, 2.24) is 37.2 Å². The molecule has 7 amide bonds. The van der Waals surface area contributed by atoms with Gasteiger partial charge in [0, 0.05) is 85.2 Å². The third kappa shape index (κ3) is 52.5. The van der Waals surface area contributed by atoms with E-state index in [1.165, 1.54) is 20.8 Å². The summed E-state index contributed by atoms with van der Waals surface area (Å²) in [6, 6.07) is -2.07. The Labute approximate surface area is 643 Å². The van der Waals surface area contributed by atoms with Crippen molar-refractivity contribution in [3.05, 3.63) is 0 Å². The lowest BCUT2D eigenvalue weighted by Crippen LogP contribution is -2.64. The number of aliphatic hydroxyl groups excluding tert-OH is 9. The summed E-state index contributed by atoms with van der Waals surface area (Å²) in [5.74, 6) is -3.64. The zero-order valence-electron chi connectivity index (χ0n) is 64.5. The molecule has 0 spiro atoms. The van der Waals surface area contributed by atoms with Gasteiger partial charge in [-0.2, -0.15) is 0 Å². The molecule has 0 aromatic carbocycles. The molecule has 1 heterocycles. The third-order valence-electron chi connectivity index (χ3n) is 15.6. The molecule has 646 valence electrons. The van der Waals surface area contributed by atoms with E-state index in [2.05, 4.69) is 37.2 Å². The van der Waals surface area contributed by atoms with E-state index in [4.69, 9.17) is 91.0 Å². The summed E-state index contributed by atoms with van der Waals surface area (Å²) in [5.41, 5.74) is 3.96. The van der Waals surface area contributed by atoms with Gasteiger partial charge in [-0.25, -0.2) is 0 Å². The van der Waals surface area contributed by atoms with Crippen LogP contribution in [0.2, 0.25) is 0 Å². The third-order valence-corrected chi connectivity index (χ3v) is 15.6. The van der Waals surface area contributed by atoms with E-state index in [0.29, 0.717) is 39.6 Å². The molecule has 1 aliphatic rings. The molecule has 110 heavy (non-hydrogen) atoms. The molecule has 1 saturated heterocycles. The van der Waals surface area contributed by atoms with Gasteiger partial charge < -0.3 is 174 Å². The van der Waals surface area contributed by atoms with E-state index in [1.54, 1.807) is 13.8 Å². The van der Waals surface area contributed by atoms with Crippen LogP contribution in [0.3, 0.4) is 0 Å². The van der Waals surface area contributed by atoms with Crippen LogP contribution in [0.15, 0.2) is 0 Å². The molecule has 14 unspecified atom stereocenters. The maximum atomic E-state index is 13.8. The first kappa shape index (κ1) is 103. The maximum Gasteiger partial charge on any atom is 0.222 e. The van der Waals surface area contributed by atoms with E-state index in [-0.39, 0.29) is 229 Å². The molecule has 1 aliphatic heterocycles. The van der Waals surface area contributed by atoms with Crippen LogP contribution in [-0.2, 0) is 119 Å². The number of rotatable bonds is 75. The summed E-state index contributed by atoms with van der Waals surface area (Å²) in [6.07, 6.45) is -12.8. The second kappa shape index (κ2) is 67.5. The van der Waals surface area contributed by atoms with Gasteiger partial charge in [-0.15, -0.1) is 0 Å². The number of hydrogen-bond donors (Lipinski definition) is 17. The Hall–Kier alpha value is -4.83. The normalized spacial score (nSPS) is 18.6. The minimum Gasteiger partial charge on any atom is -0.396 e. The molecule has 42 nitrogen and oxygen atoms in total. The molecule has 1 fully saturated rings. The van der Waals surface area contributed by atoms with Crippen LogP contribution in [0, 0.1) is 5.92 Å². The zero-order valence-corrected chi connectivity index (χ0v) is 64.5. The van der Waals surface area contributed by atoms with Gasteiger partial charge in [0.2, 0.25) is 41.4 Å². The Morgan fingerprint density at radius 3 is 1.29 bits per heavy atom. The Bertz CT molecular complexity index is 2350. The average Bonchev–Trinajstić information content (AvgIpc) is 0.810. The Morgan fingerprint density at radius 2 is 0.873 bits per heavy atom. The van der Waals surface area contributed by atoms with Gasteiger partial charge in [-0.3, -0.25) is 33.6 Å². The number of nitrogens with one attached hydrogen (secondary N) is 7. The lowest BCUT2D eigenvalue weighted by Gasteiger charge is -2.42. The van der Waals surface area contributed by atoms with Crippen LogP contribution in [-0.4, -0.2) is 417 Å². The molecule has 0 aliphatic carbocycles. The van der Waals surface area contributed by atoms with E-state index >= 15 is 0 Å². The van der Waals surface area contributed by atoms with E-state index in [0.717, 1.165) is 0 Å². The maximum absolute atomic E-state index is 13.8. The first-order valence-corrected chi connectivity index (χ1v) is 37.1. The zero-order chi connectivity index (χ0) is 81.4. The van der Waals surface area contributed by atoms with Gasteiger partial charge in [0.05, 0.1) is 236 Å². The van der Waals surface area contributed by atoms with Crippen LogP contribution in [0.4, 0.5) is 0 Å². The molecule has 0 saturated carbocycles. The van der Waals surface area contributed by atoms with Crippen LogP contribution in [0.25, 0.3) is 0 Å². The summed E-state index contributed by atoms with van der Waals surface area (Å²) in [5, 5.41) is 108. The second-order valence-electron chi connectivity index (χ2n) is 25.0. The number of ether oxygens (including phenoxy) is 18. The number of carbonyl (C=O) groups is 7. The molecule has 0 aromatic heterocycles. The average molecular weight is 1600 g/mol. The predicted octanol–water partition coefficient (Wildman–Crippen LogP) is -8.65. The van der Waals surface area contributed by atoms with Gasteiger partial charge in [0.1, 0.15) is 48.2 Å². The van der Waals surface area contributed by atoms with Gasteiger partial charge in [-0.05, 0) is 6.92 Å². The topological polar surface area (TPSA) is 578 Å². The van der Waals surface area contributed by atoms with Crippen LogP contribution >= 0.6 is 0 Å². The first-order valence-electron chi connectivity index (χ1n) is 37.1. The molecule has 14 atom stereocenters. The standard InChI is InChI=1S/C68H130N8O34/c1-48(41-77)63(89)65(91)61(74-51(4)82)49(2)106-37-34-100-29-24-95-19-11-70-56(85)6-15-103-45-68(76-59(88)9-14-93-22-27-98-32-33-99-28-23-94-18-10-69,46-104-16-7-57(86)71-12-20-96-25-30-101-35-38-107-60(40-73-50(3)81)109-54(43-79)53(84)42-78)47-105-17-8-58(87)72-13-21-97-26-31-102-36-39-108-67-62(75-52(5)83)66(92)64(90)55(44-80)110-67/h48-49,53-55,60-67,77-80,84,89-92H,6-47,69H2,1-5H3,(H,70,85)(H,71,86)(H,72,87)(H,73,81)(H,74,82)(H,75,83)(H,76,88). The van der Waals surface area contributed by atoms with Gasteiger partial charge >= 0.3 is 0 Å². The molecule has 0 aromatic rings. The summed E-state index contributed by atoms with van der Waals surface area (Å²) in [7, 11) is 0. The fourth-order valence-corrected chi connectivity index (χ4v) is 9.70. The summed E-state index contributed by atoms with van der Waals surface area (Å²) < 4.78 is 101. The Morgan fingerprint density at radius 1 is 0.455 bits per heavy atom. The number of aliphatic hydroxyl groups is 9. The van der Waals surface area contributed by atoms with Gasteiger partial charge in [-0.1, -0.05) is 6.92 Å². The van der Waals surface area contributed by atoms with Crippen molar-refractivity contribution >= 4 is 41.4 Å². The van der Waals surface area contributed by atoms with E-state index in [9.17, 15) is 79.5 Å². The number of hydrogen-bond acceptors (Lipinski definition) is 35. The monoisotopic (exact) mass is 1600 g/mol. The van der Waals surface area contributed by atoms with Crippen molar-refractivity contribution in [1.29, 1.82) is 0 Å².